The molecule has 0 aliphatic carbocycles. The van der Waals surface area contributed by atoms with Gasteiger partial charge in [0.2, 0.25) is 0 Å². The van der Waals surface area contributed by atoms with Gasteiger partial charge in [0.05, 0.1) is 55.0 Å². The number of para-hydroxylation sites is 1. The smallest absolute Gasteiger partial charge is 0.279 e. The van der Waals surface area contributed by atoms with Crippen molar-refractivity contribution in [3.8, 4) is 11.4 Å². The molecule has 49 heavy (non-hydrogen) atoms. The molecule has 2 aliphatic rings. The van der Waals surface area contributed by atoms with Crippen LogP contribution < -0.4 is 20.4 Å². The molecule has 12 heteroatoms. The molecule has 1 aromatic heterocycles. The third-order valence-electron chi connectivity index (χ3n) is 10.5. The number of rotatable bonds is 9. The van der Waals surface area contributed by atoms with E-state index in [-0.39, 0.29) is 41.8 Å². The molecule has 0 saturated carbocycles. The van der Waals surface area contributed by atoms with Crippen LogP contribution >= 0.6 is 0 Å². The van der Waals surface area contributed by atoms with Crippen molar-refractivity contribution in [3.05, 3.63) is 123 Å². The van der Waals surface area contributed by atoms with Crippen LogP contribution in [0.5, 0.6) is 5.75 Å². The summed E-state index contributed by atoms with van der Waals surface area (Å²) in [4.78, 5) is 41.4. The first-order valence-electron chi connectivity index (χ1n) is 16.3. The maximum absolute atomic E-state index is 15.0. The summed E-state index contributed by atoms with van der Waals surface area (Å²) in [6.07, 6.45) is -0.140. The molecule has 5 aromatic rings. The van der Waals surface area contributed by atoms with Crippen LogP contribution in [-0.2, 0) is 21.7 Å². The van der Waals surface area contributed by atoms with E-state index >= 15 is 0 Å². The first kappa shape index (κ1) is 32.5. The molecule has 4 aromatic carbocycles. The van der Waals surface area contributed by atoms with Gasteiger partial charge < -0.3 is 19.5 Å². The van der Waals surface area contributed by atoms with Crippen molar-refractivity contribution < 1.29 is 24.3 Å². The van der Waals surface area contributed by atoms with Crippen LogP contribution in [-0.4, -0.2) is 53.6 Å². The van der Waals surface area contributed by atoms with Gasteiger partial charge in [0.25, 0.3) is 17.2 Å². The fourth-order valence-corrected chi connectivity index (χ4v) is 12.2. The van der Waals surface area contributed by atoms with Gasteiger partial charge in [-0.1, -0.05) is 61.6 Å². The highest BCUT2D eigenvalue weighted by atomic mass is 28.3. The number of benzene rings is 4. The van der Waals surface area contributed by atoms with Crippen LogP contribution in [0.1, 0.15) is 24.5 Å². The van der Waals surface area contributed by atoms with Crippen molar-refractivity contribution in [2.45, 2.75) is 50.2 Å². The number of hydrogen-bond acceptors (Lipinski definition) is 7. The number of hydrogen-bond donors (Lipinski definition) is 2. The Balaban J connectivity index is 1.31. The van der Waals surface area contributed by atoms with Gasteiger partial charge in [0.15, 0.2) is 5.60 Å². The maximum Gasteiger partial charge on any atom is 0.279 e. The zero-order chi connectivity index (χ0) is 34.7. The van der Waals surface area contributed by atoms with Gasteiger partial charge in [-0.2, -0.15) is 0 Å². The number of carbonyl (C=O) groups excluding carboxylic acids is 1. The number of nitro benzene ring substituents is 1. The second-order valence-corrected chi connectivity index (χ2v) is 18.2. The van der Waals surface area contributed by atoms with Crippen LogP contribution in [0.2, 0.25) is 18.6 Å². The minimum absolute atomic E-state index is 0.110. The quantitative estimate of drug-likeness (QED) is 0.121. The molecule has 4 atom stereocenters. The molecule has 2 aliphatic heterocycles. The standard InChI is InChI=1S/C37H38N4O7Si/c1-23-34(49(3,4)28-15-13-27(47-2)14-16-28)33(18-19-42)48-37(23)30-21-26(41(45)46)12-17-32(30)39(36(37)44)22-24-8-7-9-25(20-24)40-35(43)29-10-5-6-11-31(29)38-40/h5-17,20-21,23,33-34,38,42H,18-19,22H2,1-4H3/t23-,33+,34-,37+/m0/s1. The molecule has 0 unspecified atom stereocenters. The average molecular weight is 679 g/mol. The van der Waals surface area contributed by atoms with Crippen LogP contribution in [0.15, 0.2) is 95.8 Å². The minimum atomic E-state index is -2.42. The number of H-pyrrole nitrogens is 1. The molecule has 2 N–H and O–H groups in total. The molecule has 1 fully saturated rings. The van der Waals surface area contributed by atoms with E-state index < -0.39 is 24.7 Å². The van der Waals surface area contributed by atoms with Gasteiger partial charge in [-0.05, 0) is 60.0 Å². The van der Waals surface area contributed by atoms with E-state index in [0.29, 0.717) is 34.3 Å². The molecule has 1 spiro atoms. The monoisotopic (exact) mass is 678 g/mol. The van der Waals surface area contributed by atoms with Crippen molar-refractivity contribution in [2.75, 3.05) is 18.6 Å². The predicted octanol–water partition coefficient (Wildman–Crippen LogP) is 5.38. The number of methoxy groups -OCH3 is 1. The Kier molecular flexibility index (Phi) is 8.05. The number of ether oxygens (including phenoxy) is 2. The van der Waals surface area contributed by atoms with Crippen LogP contribution in [0, 0.1) is 16.0 Å². The van der Waals surface area contributed by atoms with Crippen LogP contribution in [0.4, 0.5) is 11.4 Å². The highest BCUT2D eigenvalue weighted by Crippen LogP contribution is 2.60. The van der Waals surface area contributed by atoms with Crippen molar-refractivity contribution in [1.29, 1.82) is 0 Å². The maximum atomic E-state index is 15.0. The Labute approximate surface area is 283 Å². The summed E-state index contributed by atoms with van der Waals surface area (Å²) in [5, 5.41) is 27.1. The van der Waals surface area contributed by atoms with E-state index in [1.807, 2.05) is 61.5 Å². The van der Waals surface area contributed by atoms with Gasteiger partial charge in [0, 0.05) is 30.2 Å². The van der Waals surface area contributed by atoms with E-state index in [2.05, 4.69) is 30.3 Å². The van der Waals surface area contributed by atoms with Crippen molar-refractivity contribution in [3.63, 3.8) is 0 Å². The number of fused-ring (bicyclic) bond motifs is 3. The van der Waals surface area contributed by atoms with Gasteiger partial charge in [-0.3, -0.25) is 24.8 Å². The van der Waals surface area contributed by atoms with Crippen molar-refractivity contribution in [1.82, 2.24) is 9.78 Å². The molecule has 7 rings (SSSR count). The van der Waals surface area contributed by atoms with E-state index in [0.717, 1.165) is 16.5 Å². The topological polar surface area (TPSA) is 140 Å². The number of nitrogens with zero attached hydrogens (tertiary/aromatic N) is 3. The summed E-state index contributed by atoms with van der Waals surface area (Å²) in [7, 11) is -0.795. The largest absolute Gasteiger partial charge is 0.497 e. The predicted molar refractivity (Wildman–Crippen MR) is 189 cm³/mol. The number of aromatic nitrogens is 2. The molecule has 11 nitrogen and oxygen atoms in total. The summed E-state index contributed by atoms with van der Waals surface area (Å²) in [5.41, 5.74) is 1.19. The molecule has 1 amide bonds. The Bertz CT molecular complexity index is 2140. The lowest BCUT2D eigenvalue weighted by Crippen LogP contribution is -2.51. The lowest BCUT2D eigenvalue weighted by atomic mass is 9.82. The highest BCUT2D eigenvalue weighted by molar-refractivity contribution is 6.91. The normalized spacial score (nSPS) is 21.9. The summed E-state index contributed by atoms with van der Waals surface area (Å²) in [6, 6.07) is 27.2. The number of carbonyl (C=O) groups is 1. The molecule has 0 bridgehead atoms. The second kappa shape index (κ2) is 12.1. The number of amides is 1. The zero-order valence-electron chi connectivity index (χ0n) is 27.8. The fourth-order valence-electron chi connectivity index (χ4n) is 8.19. The number of aromatic amines is 1. The first-order chi connectivity index (χ1) is 23.5. The van der Waals surface area contributed by atoms with Gasteiger partial charge in [-0.25, -0.2) is 4.68 Å². The number of anilines is 1. The summed E-state index contributed by atoms with van der Waals surface area (Å²) < 4.78 is 13.8. The third kappa shape index (κ3) is 5.09. The Morgan fingerprint density at radius 1 is 1.02 bits per heavy atom. The number of non-ortho nitro benzene ring substituents is 1. The highest BCUT2D eigenvalue weighted by Gasteiger charge is 2.66. The van der Waals surface area contributed by atoms with Crippen molar-refractivity contribution in [2.24, 2.45) is 5.92 Å². The fraction of sp³-hybridized carbons (Fsp3) is 0.297. The van der Waals surface area contributed by atoms with Gasteiger partial charge >= 0.3 is 0 Å². The average Bonchev–Trinajstić information content (AvgIpc) is 3.68. The zero-order valence-corrected chi connectivity index (χ0v) is 28.8. The van der Waals surface area contributed by atoms with E-state index in [4.69, 9.17) is 9.47 Å². The minimum Gasteiger partial charge on any atom is -0.497 e. The summed E-state index contributed by atoms with van der Waals surface area (Å²) >= 11 is 0. The van der Waals surface area contributed by atoms with E-state index in [1.165, 1.54) is 16.8 Å². The Morgan fingerprint density at radius 2 is 1.78 bits per heavy atom. The van der Waals surface area contributed by atoms with Crippen molar-refractivity contribution >= 4 is 41.4 Å². The number of aliphatic hydroxyl groups excluding tert-OH is 1. The summed E-state index contributed by atoms with van der Waals surface area (Å²) in [5.74, 6) is 0.0740. The third-order valence-corrected chi connectivity index (χ3v) is 14.9. The van der Waals surface area contributed by atoms with Gasteiger partial charge in [-0.15, -0.1) is 0 Å². The summed E-state index contributed by atoms with van der Waals surface area (Å²) in [6.45, 7) is 6.51. The number of nitrogens with one attached hydrogen (secondary N) is 1. The Morgan fingerprint density at radius 3 is 2.47 bits per heavy atom. The molecule has 1 saturated heterocycles. The molecular formula is C37H38N4O7Si. The van der Waals surface area contributed by atoms with Crippen LogP contribution in [0.3, 0.4) is 0 Å². The lowest BCUT2D eigenvalue weighted by Gasteiger charge is -2.37. The number of aliphatic hydroxyl groups is 1. The van der Waals surface area contributed by atoms with Gasteiger partial charge in [0.1, 0.15) is 5.75 Å². The Hall–Kier alpha value is -5.04. The molecule has 0 radical (unpaired) electrons. The second-order valence-electron chi connectivity index (χ2n) is 13.5. The molecule has 252 valence electrons. The number of nitro groups is 1. The first-order valence-corrected chi connectivity index (χ1v) is 19.4. The molecular weight excluding hydrogens is 641 g/mol. The van der Waals surface area contributed by atoms with E-state index in [1.54, 1.807) is 24.1 Å². The lowest BCUT2D eigenvalue weighted by molar-refractivity contribution is -0.385. The SMILES string of the molecule is COc1ccc([Si](C)(C)[C@@H]2[C@@H](CCO)O[C@]3(C(=O)N(Cc4cccc(-n5[nH]c6ccccc6c5=O)c4)c4ccc([N+](=O)[O-])cc43)[C@H]2C)cc1. The molecule has 3 heterocycles. The van der Waals surface area contributed by atoms with Crippen LogP contribution in [0.25, 0.3) is 16.6 Å². The van der Waals surface area contributed by atoms with E-state index in [9.17, 15) is 24.8 Å².